The van der Waals surface area contributed by atoms with Gasteiger partial charge in [-0.25, -0.2) is 0 Å². The average molecular weight is 461 g/mol. The summed E-state index contributed by atoms with van der Waals surface area (Å²) in [6, 6.07) is 22.1. The van der Waals surface area contributed by atoms with Crippen molar-refractivity contribution in [1.29, 1.82) is 0 Å². The first-order chi connectivity index (χ1) is 16.8. The van der Waals surface area contributed by atoms with Gasteiger partial charge in [0.2, 0.25) is 0 Å². The van der Waals surface area contributed by atoms with Crippen LogP contribution in [0.15, 0.2) is 91.0 Å². The molecule has 0 heterocycles. The molecule has 0 aromatic heterocycles. The maximum atomic E-state index is 4.16. The summed E-state index contributed by atoms with van der Waals surface area (Å²) in [7, 11) is 0. The highest BCUT2D eigenvalue weighted by Gasteiger charge is 2.12. The van der Waals surface area contributed by atoms with Gasteiger partial charge < -0.3 is 0 Å². The SMILES string of the molecule is C=CC(CCc1cc(C)ccc1C(C)C)c1cccc(/C=C/C(C)=C/C=c2/ccc(C)cc2=C)c1. The van der Waals surface area contributed by atoms with Gasteiger partial charge in [0.15, 0.2) is 0 Å². The molecule has 0 saturated heterocycles. The summed E-state index contributed by atoms with van der Waals surface area (Å²) in [5.41, 5.74) is 9.26. The van der Waals surface area contributed by atoms with Crippen LogP contribution in [-0.2, 0) is 6.42 Å². The molecule has 180 valence electrons. The van der Waals surface area contributed by atoms with Crippen molar-refractivity contribution >= 4 is 18.7 Å². The van der Waals surface area contributed by atoms with Gasteiger partial charge in [-0.2, -0.15) is 0 Å². The van der Waals surface area contributed by atoms with E-state index in [2.05, 4.69) is 139 Å². The Hall–Kier alpha value is -3.38. The standard InChI is InChI=1S/C35H40/c1-8-31(19-20-34-23-28(6)15-21-35(34)25(2)3)33-11-9-10-30(24-33)16-12-26(4)13-17-32-18-14-27(5)22-29(32)7/h8-18,21-25,31H,1,7,19-20H2,2-6H3/b16-12+,26-13+,32-17-. The smallest absolute Gasteiger partial charge is 0.00186 e. The van der Waals surface area contributed by atoms with E-state index in [-0.39, 0.29) is 0 Å². The lowest BCUT2D eigenvalue weighted by Crippen LogP contribution is -2.22. The third-order valence-corrected chi connectivity index (χ3v) is 6.63. The molecule has 3 aromatic rings. The van der Waals surface area contributed by atoms with Crippen molar-refractivity contribution in [2.45, 2.75) is 59.3 Å². The molecule has 1 unspecified atom stereocenters. The van der Waals surface area contributed by atoms with Crippen LogP contribution in [0.25, 0.3) is 18.7 Å². The van der Waals surface area contributed by atoms with E-state index in [0.29, 0.717) is 11.8 Å². The predicted octanol–water partition coefficient (Wildman–Crippen LogP) is 8.18. The number of hydrogen-bond donors (Lipinski definition) is 0. The fourth-order valence-electron chi connectivity index (χ4n) is 4.54. The lowest BCUT2D eigenvalue weighted by atomic mass is 9.87. The van der Waals surface area contributed by atoms with Gasteiger partial charge in [-0.15, -0.1) is 6.58 Å². The molecule has 0 nitrogen and oxygen atoms in total. The highest BCUT2D eigenvalue weighted by molar-refractivity contribution is 5.56. The summed E-state index contributed by atoms with van der Waals surface area (Å²) in [6.45, 7) is 19.3. The summed E-state index contributed by atoms with van der Waals surface area (Å²) in [5, 5.41) is 2.22. The zero-order valence-electron chi connectivity index (χ0n) is 22.1. The molecule has 0 saturated carbocycles. The lowest BCUT2D eigenvalue weighted by molar-refractivity contribution is 0.722. The molecular formula is C35H40. The lowest BCUT2D eigenvalue weighted by Gasteiger charge is -2.17. The van der Waals surface area contributed by atoms with Crippen LogP contribution in [0.4, 0.5) is 0 Å². The highest BCUT2D eigenvalue weighted by Crippen LogP contribution is 2.28. The third kappa shape index (κ3) is 7.55. The van der Waals surface area contributed by atoms with Gasteiger partial charge in [0.05, 0.1) is 0 Å². The van der Waals surface area contributed by atoms with Gasteiger partial charge in [-0.1, -0.05) is 128 Å². The van der Waals surface area contributed by atoms with Crippen LogP contribution in [0.3, 0.4) is 0 Å². The first-order valence-electron chi connectivity index (χ1n) is 12.7. The molecular weight excluding hydrogens is 420 g/mol. The van der Waals surface area contributed by atoms with Gasteiger partial charge in [-0.3, -0.25) is 0 Å². The molecule has 0 aliphatic rings. The highest BCUT2D eigenvalue weighted by atomic mass is 14.2. The maximum Gasteiger partial charge on any atom is 0.00186 e. The summed E-state index contributed by atoms with van der Waals surface area (Å²) in [4.78, 5) is 0. The zero-order chi connectivity index (χ0) is 25.4. The number of allylic oxidation sites excluding steroid dienone is 4. The largest absolute Gasteiger partial charge is 0.102 e. The van der Waals surface area contributed by atoms with E-state index < -0.39 is 0 Å². The second-order valence-corrected chi connectivity index (χ2v) is 10.0. The van der Waals surface area contributed by atoms with Crippen LogP contribution >= 0.6 is 0 Å². The first kappa shape index (κ1) is 26.2. The number of rotatable bonds is 9. The average Bonchev–Trinajstić information content (AvgIpc) is 2.82. The molecule has 1 atom stereocenters. The monoisotopic (exact) mass is 460 g/mol. The van der Waals surface area contributed by atoms with Crippen LogP contribution in [0, 0.1) is 13.8 Å². The molecule has 3 rings (SSSR count). The second kappa shape index (κ2) is 12.4. The Bertz CT molecular complexity index is 1330. The molecule has 0 aliphatic carbocycles. The molecule has 35 heavy (non-hydrogen) atoms. The molecule has 0 aliphatic heterocycles. The quantitative estimate of drug-likeness (QED) is 0.223. The topological polar surface area (TPSA) is 0 Å². The van der Waals surface area contributed by atoms with E-state index >= 15 is 0 Å². The van der Waals surface area contributed by atoms with Crippen molar-refractivity contribution in [2.75, 3.05) is 0 Å². The first-order valence-corrected chi connectivity index (χ1v) is 12.7. The van der Waals surface area contributed by atoms with Crippen molar-refractivity contribution in [2.24, 2.45) is 0 Å². The molecule has 0 heteroatoms. The zero-order valence-corrected chi connectivity index (χ0v) is 22.1. The molecule has 0 amide bonds. The number of benzene rings is 3. The fraction of sp³-hybridized carbons (Fsp3) is 0.257. The Morgan fingerprint density at radius 1 is 0.943 bits per heavy atom. The van der Waals surface area contributed by atoms with E-state index in [1.165, 1.54) is 39.0 Å². The van der Waals surface area contributed by atoms with E-state index in [1.807, 2.05) is 0 Å². The fourth-order valence-corrected chi connectivity index (χ4v) is 4.54. The summed E-state index contributed by atoms with van der Waals surface area (Å²) >= 11 is 0. The summed E-state index contributed by atoms with van der Waals surface area (Å²) in [6.07, 6.45) is 12.9. The van der Waals surface area contributed by atoms with Crippen molar-refractivity contribution in [3.05, 3.63) is 135 Å². The van der Waals surface area contributed by atoms with Gasteiger partial charge in [0.25, 0.3) is 0 Å². The van der Waals surface area contributed by atoms with E-state index in [1.54, 1.807) is 0 Å². The minimum atomic E-state index is 0.339. The Balaban J connectivity index is 1.74. The number of aryl methyl sites for hydroxylation is 3. The molecule has 0 radical (unpaired) electrons. The maximum absolute atomic E-state index is 4.16. The van der Waals surface area contributed by atoms with Crippen molar-refractivity contribution in [3.63, 3.8) is 0 Å². The van der Waals surface area contributed by atoms with Crippen molar-refractivity contribution in [1.82, 2.24) is 0 Å². The minimum absolute atomic E-state index is 0.339. The Morgan fingerprint density at radius 3 is 2.40 bits per heavy atom. The van der Waals surface area contributed by atoms with Crippen molar-refractivity contribution in [3.8, 4) is 0 Å². The molecule has 0 spiro atoms. The third-order valence-electron chi connectivity index (χ3n) is 6.63. The van der Waals surface area contributed by atoms with Crippen LogP contribution in [0.5, 0.6) is 0 Å². The van der Waals surface area contributed by atoms with Crippen LogP contribution in [0.1, 0.15) is 72.4 Å². The Labute approximate surface area is 212 Å². The number of hydrogen-bond acceptors (Lipinski definition) is 0. The molecule has 3 aromatic carbocycles. The van der Waals surface area contributed by atoms with Crippen LogP contribution < -0.4 is 10.4 Å². The van der Waals surface area contributed by atoms with Gasteiger partial charge in [-0.05, 0) is 72.2 Å². The summed E-state index contributed by atoms with van der Waals surface area (Å²) < 4.78 is 0. The van der Waals surface area contributed by atoms with E-state index in [4.69, 9.17) is 0 Å². The predicted molar refractivity (Wildman–Crippen MR) is 156 cm³/mol. The van der Waals surface area contributed by atoms with Crippen LogP contribution in [-0.4, -0.2) is 0 Å². The Kier molecular flexibility index (Phi) is 9.26. The second-order valence-electron chi connectivity index (χ2n) is 10.0. The van der Waals surface area contributed by atoms with Gasteiger partial charge in [0, 0.05) is 5.92 Å². The molecule has 0 N–H and O–H groups in total. The van der Waals surface area contributed by atoms with Crippen LogP contribution in [0.2, 0.25) is 0 Å². The summed E-state index contributed by atoms with van der Waals surface area (Å²) in [5.74, 6) is 0.881. The van der Waals surface area contributed by atoms with Crippen molar-refractivity contribution < 1.29 is 0 Å². The minimum Gasteiger partial charge on any atom is -0.102 e. The van der Waals surface area contributed by atoms with Gasteiger partial charge >= 0.3 is 0 Å². The molecule has 0 fully saturated rings. The Morgan fingerprint density at radius 2 is 1.69 bits per heavy atom. The van der Waals surface area contributed by atoms with Gasteiger partial charge in [0.1, 0.15) is 0 Å². The van der Waals surface area contributed by atoms with E-state index in [9.17, 15) is 0 Å². The van der Waals surface area contributed by atoms with E-state index in [0.717, 1.165) is 23.3 Å². The normalized spacial score (nSPS) is 13.5. The molecule has 0 bridgehead atoms.